The van der Waals surface area contributed by atoms with Gasteiger partial charge in [0.15, 0.2) is 0 Å². The maximum atomic E-state index is 12.8. The second-order valence-corrected chi connectivity index (χ2v) is 7.78. The average molecular weight is 424 g/mol. The second kappa shape index (κ2) is 8.71. The Morgan fingerprint density at radius 2 is 1.67 bits per heavy atom. The zero-order valence-electron chi connectivity index (χ0n) is 16.6. The van der Waals surface area contributed by atoms with Crippen molar-refractivity contribution in [2.24, 2.45) is 5.92 Å². The monoisotopic (exact) mass is 423 g/mol. The lowest BCUT2D eigenvalue weighted by Crippen LogP contribution is -2.40. The van der Waals surface area contributed by atoms with Gasteiger partial charge in [0.2, 0.25) is 0 Å². The Kier molecular flexibility index (Phi) is 5.86. The normalized spacial score (nSPS) is 14.5. The van der Waals surface area contributed by atoms with Gasteiger partial charge in [0, 0.05) is 29.2 Å². The van der Waals surface area contributed by atoms with Crippen LogP contribution in [0.15, 0.2) is 54.6 Å². The molecule has 0 aliphatic carbocycles. The van der Waals surface area contributed by atoms with E-state index in [1.54, 1.807) is 4.90 Å². The number of piperidine rings is 1. The minimum atomic E-state index is -0.191. The molecular weight excluding hydrogens is 402 g/mol. The molecule has 2 aromatic carbocycles. The zero-order chi connectivity index (χ0) is 21.1. The summed E-state index contributed by atoms with van der Waals surface area (Å²) in [7, 11) is 1.40. The number of halogens is 1. The number of hydrogen-bond acceptors (Lipinski definition) is 4. The van der Waals surface area contributed by atoms with Gasteiger partial charge in [0.05, 0.1) is 24.4 Å². The molecule has 3 aromatic rings. The summed E-state index contributed by atoms with van der Waals surface area (Å²) >= 11 is 5.95. The number of nitrogens with zero attached hydrogens (tertiary/aromatic N) is 2. The highest BCUT2D eigenvalue weighted by Crippen LogP contribution is 2.26. The molecule has 30 heavy (non-hydrogen) atoms. The van der Waals surface area contributed by atoms with Crippen LogP contribution in [0.25, 0.3) is 22.5 Å². The quantitative estimate of drug-likeness (QED) is 0.630. The van der Waals surface area contributed by atoms with E-state index in [1.807, 2.05) is 54.6 Å². The molecule has 0 spiro atoms. The van der Waals surface area contributed by atoms with Crippen molar-refractivity contribution in [2.75, 3.05) is 20.2 Å². The number of carbonyl (C=O) groups excluding carboxylic acids is 2. The fourth-order valence-electron chi connectivity index (χ4n) is 3.70. The highest BCUT2D eigenvalue weighted by molar-refractivity contribution is 6.30. The number of carbonyl (C=O) groups is 2. The second-order valence-electron chi connectivity index (χ2n) is 7.34. The van der Waals surface area contributed by atoms with Gasteiger partial charge in [-0.1, -0.05) is 35.9 Å². The van der Waals surface area contributed by atoms with Crippen molar-refractivity contribution in [3.8, 4) is 22.5 Å². The lowest BCUT2D eigenvalue weighted by Gasteiger charge is -2.30. The SMILES string of the molecule is COC(=O)C1CCN(C(=O)c2ccc(-c3cc(-c4ccc(Cl)cc4)[nH]n3)cc2)CC1. The Bertz CT molecular complexity index is 1040. The van der Waals surface area contributed by atoms with E-state index in [0.717, 1.165) is 22.5 Å². The molecule has 1 fully saturated rings. The molecule has 0 saturated carbocycles. The van der Waals surface area contributed by atoms with Crippen molar-refractivity contribution in [2.45, 2.75) is 12.8 Å². The van der Waals surface area contributed by atoms with Gasteiger partial charge in [-0.25, -0.2) is 0 Å². The minimum Gasteiger partial charge on any atom is -0.469 e. The summed E-state index contributed by atoms with van der Waals surface area (Å²) in [6.07, 6.45) is 1.27. The topological polar surface area (TPSA) is 75.3 Å². The van der Waals surface area contributed by atoms with Crippen LogP contribution in [0.1, 0.15) is 23.2 Å². The number of aromatic amines is 1. The van der Waals surface area contributed by atoms with E-state index in [9.17, 15) is 9.59 Å². The van der Waals surface area contributed by atoms with Crippen LogP contribution < -0.4 is 0 Å². The number of hydrogen-bond donors (Lipinski definition) is 1. The Balaban J connectivity index is 1.43. The number of likely N-dealkylation sites (tertiary alicyclic amines) is 1. The Labute approximate surface area is 179 Å². The summed E-state index contributed by atoms with van der Waals surface area (Å²) in [4.78, 5) is 26.2. The molecule has 1 saturated heterocycles. The molecule has 0 radical (unpaired) electrons. The van der Waals surface area contributed by atoms with E-state index < -0.39 is 0 Å². The summed E-state index contributed by atoms with van der Waals surface area (Å²) in [5, 5.41) is 8.11. The van der Waals surface area contributed by atoms with Crippen molar-refractivity contribution >= 4 is 23.5 Å². The molecule has 1 aliphatic rings. The van der Waals surface area contributed by atoms with Gasteiger partial charge >= 0.3 is 5.97 Å². The molecule has 1 aromatic heterocycles. The molecule has 1 aliphatic heterocycles. The van der Waals surface area contributed by atoms with Crippen LogP contribution in [-0.2, 0) is 9.53 Å². The van der Waals surface area contributed by atoms with Gasteiger partial charge in [-0.2, -0.15) is 5.10 Å². The standard InChI is InChI=1S/C23H22ClN3O3/c1-30-23(29)18-10-12-27(13-11-18)22(28)17-4-2-15(3-5-17)20-14-21(26-25-20)16-6-8-19(24)9-7-16/h2-9,14,18H,10-13H2,1H3,(H,25,26). The minimum absolute atomic E-state index is 0.0197. The lowest BCUT2D eigenvalue weighted by atomic mass is 9.96. The summed E-state index contributed by atoms with van der Waals surface area (Å²) in [5.41, 5.74) is 4.25. The Morgan fingerprint density at radius 3 is 2.30 bits per heavy atom. The van der Waals surface area contributed by atoms with Crippen LogP contribution in [-0.4, -0.2) is 47.2 Å². The van der Waals surface area contributed by atoms with Gasteiger partial charge < -0.3 is 9.64 Å². The van der Waals surface area contributed by atoms with Crippen molar-refractivity contribution in [3.63, 3.8) is 0 Å². The number of nitrogens with one attached hydrogen (secondary N) is 1. The van der Waals surface area contributed by atoms with Crippen LogP contribution in [0.3, 0.4) is 0 Å². The van der Waals surface area contributed by atoms with Crippen LogP contribution in [0.2, 0.25) is 5.02 Å². The first-order chi connectivity index (χ1) is 14.5. The fourth-order valence-corrected chi connectivity index (χ4v) is 3.82. The van der Waals surface area contributed by atoms with Crippen molar-refractivity contribution < 1.29 is 14.3 Å². The molecular formula is C23H22ClN3O3. The van der Waals surface area contributed by atoms with Crippen LogP contribution in [0, 0.1) is 5.92 Å². The number of aromatic nitrogens is 2. The molecule has 0 unspecified atom stereocenters. The third-order valence-corrected chi connectivity index (χ3v) is 5.73. The molecule has 4 rings (SSSR count). The Hall–Kier alpha value is -3.12. The van der Waals surface area contributed by atoms with Gasteiger partial charge in [0.1, 0.15) is 0 Å². The number of rotatable bonds is 4. The van der Waals surface area contributed by atoms with E-state index in [4.69, 9.17) is 16.3 Å². The van der Waals surface area contributed by atoms with E-state index in [-0.39, 0.29) is 17.8 Å². The molecule has 154 valence electrons. The number of amides is 1. The number of ether oxygens (including phenoxy) is 1. The first-order valence-corrected chi connectivity index (χ1v) is 10.2. The predicted molar refractivity (Wildman–Crippen MR) is 115 cm³/mol. The fraction of sp³-hybridized carbons (Fsp3) is 0.261. The van der Waals surface area contributed by atoms with Gasteiger partial charge in [-0.3, -0.25) is 14.7 Å². The Morgan fingerprint density at radius 1 is 1.03 bits per heavy atom. The van der Waals surface area contributed by atoms with Crippen molar-refractivity contribution in [1.82, 2.24) is 15.1 Å². The third-order valence-electron chi connectivity index (χ3n) is 5.48. The smallest absolute Gasteiger partial charge is 0.308 e. The molecule has 6 nitrogen and oxygen atoms in total. The summed E-state index contributed by atoms with van der Waals surface area (Å²) in [6, 6.07) is 17.0. The summed E-state index contributed by atoms with van der Waals surface area (Å²) in [6.45, 7) is 1.12. The average Bonchev–Trinajstić information content (AvgIpc) is 3.29. The van der Waals surface area contributed by atoms with Gasteiger partial charge in [0.25, 0.3) is 5.91 Å². The summed E-state index contributed by atoms with van der Waals surface area (Å²) in [5.74, 6) is -0.326. The maximum Gasteiger partial charge on any atom is 0.308 e. The summed E-state index contributed by atoms with van der Waals surface area (Å²) < 4.78 is 4.80. The molecule has 1 N–H and O–H groups in total. The van der Waals surface area contributed by atoms with E-state index in [1.165, 1.54) is 7.11 Å². The maximum absolute atomic E-state index is 12.8. The van der Waals surface area contributed by atoms with E-state index in [0.29, 0.717) is 36.5 Å². The molecule has 2 heterocycles. The number of H-pyrrole nitrogens is 1. The molecule has 0 atom stereocenters. The van der Waals surface area contributed by atoms with Crippen LogP contribution >= 0.6 is 11.6 Å². The van der Waals surface area contributed by atoms with Crippen molar-refractivity contribution in [3.05, 3.63) is 65.2 Å². The van der Waals surface area contributed by atoms with E-state index in [2.05, 4.69) is 10.2 Å². The first-order valence-electron chi connectivity index (χ1n) is 9.84. The van der Waals surface area contributed by atoms with Gasteiger partial charge in [-0.05, 0) is 48.7 Å². The molecule has 0 bridgehead atoms. The lowest BCUT2D eigenvalue weighted by molar-refractivity contribution is -0.146. The highest BCUT2D eigenvalue weighted by Gasteiger charge is 2.28. The first kappa shape index (κ1) is 20.2. The number of benzene rings is 2. The number of esters is 1. The zero-order valence-corrected chi connectivity index (χ0v) is 17.4. The van der Waals surface area contributed by atoms with Gasteiger partial charge in [-0.15, -0.1) is 0 Å². The number of methoxy groups -OCH3 is 1. The predicted octanol–water partition coefficient (Wildman–Crippen LogP) is 4.42. The molecule has 7 heteroatoms. The third kappa shape index (κ3) is 4.24. The largest absolute Gasteiger partial charge is 0.469 e. The molecule has 1 amide bonds. The van der Waals surface area contributed by atoms with Crippen LogP contribution in [0.5, 0.6) is 0 Å². The van der Waals surface area contributed by atoms with Crippen LogP contribution in [0.4, 0.5) is 0 Å². The van der Waals surface area contributed by atoms with Crippen molar-refractivity contribution in [1.29, 1.82) is 0 Å². The highest BCUT2D eigenvalue weighted by atomic mass is 35.5. The van der Waals surface area contributed by atoms with E-state index >= 15 is 0 Å².